The largest absolute Gasteiger partial charge is 0.493 e. The van der Waals surface area contributed by atoms with E-state index in [0.717, 1.165) is 0 Å². The maximum absolute atomic E-state index is 10.4. The molecule has 0 bridgehead atoms. The minimum atomic E-state index is -1.08. The predicted molar refractivity (Wildman–Crippen MR) is 58.5 cm³/mol. The highest BCUT2D eigenvalue weighted by Gasteiger charge is 2.12. The highest BCUT2D eigenvalue weighted by Crippen LogP contribution is 2.36. The van der Waals surface area contributed by atoms with Crippen LogP contribution in [0.25, 0.3) is 0 Å². The minimum absolute atomic E-state index is 0.268. The van der Waals surface area contributed by atoms with Crippen molar-refractivity contribution in [3.8, 4) is 17.6 Å². The van der Waals surface area contributed by atoms with E-state index in [-0.39, 0.29) is 5.75 Å². The highest BCUT2D eigenvalue weighted by molar-refractivity contribution is 9.10. The number of ether oxygens (including phenoxy) is 2. The maximum Gasteiger partial charge on any atom is 0.341 e. The zero-order valence-electron chi connectivity index (χ0n) is 8.36. The number of benzene rings is 1. The summed E-state index contributed by atoms with van der Waals surface area (Å²) in [5, 5.41) is 17.2. The van der Waals surface area contributed by atoms with Crippen LogP contribution in [-0.2, 0) is 4.79 Å². The molecule has 0 unspecified atom stereocenters. The zero-order valence-corrected chi connectivity index (χ0v) is 9.94. The molecule has 0 aromatic heterocycles. The molecule has 1 N–H and O–H groups in total. The Morgan fingerprint density at radius 1 is 1.62 bits per heavy atom. The van der Waals surface area contributed by atoms with Crippen LogP contribution in [0.2, 0.25) is 0 Å². The summed E-state index contributed by atoms with van der Waals surface area (Å²) in [6.07, 6.45) is 0. The third-order valence-corrected chi connectivity index (χ3v) is 2.29. The summed E-state index contributed by atoms with van der Waals surface area (Å²) in [6.45, 7) is -0.471. The predicted octanol–water partition coefficient (Wildman–Crippen LogP) is 1.79. The van der Waals surface area contributed by atoms with Crippen molar-refractivity contribution in [3.63, 3.8) is 0 Å². The fourth-order valence-electron chi connectivity index (χ4n) is 1.06. The molecule has 5 nitrogen and oxygen atoms in total. The second-order valence-electron chi connectivity index (χ2n) is 2.78. The number of nitrogens with zero attached hydrogens (tertiary/aromatic N) is 1. The first-order valence-electron chi connectivity index (χ1n) is 4.20. The van der Waals surface area contributed by atoms with Crippen LogP contribution in [0.1, 0.15) is 5.56 Å². The smallest absolute Gasteiger partial charge is 0.341 e. The van der Waals surface area contributed by atoms with E-state index in [2.05, 4.69) is 15.9 Å². The topological polar surface area (TPSA) is 79.5 Å². The average Bonchev–Trinajstić information content (AvgIpc) is 2.26. The molecule has 0 atom stereocenters. The van der Waals surface area contributed by atoms with Gasteiger partial charge in [-0.1, -0.05) is 0 Å². The number of carboxylic acid groups (broad SMARTS) is 1. The average molecular weight is 286 g/mol. The van der Waals surface area contributed by atoms with E-state index in [9.17, 15) is 4.79 Å². The number of methoxy groups -OCH3 is 1. The van der Waals surface area contributed by atoms with Crippen molar-refractivity contribution in [1.82, 2.24) is 0 Å². The summed E-state index contributed by atoms with van der Waals surface area (Å²) in [6, 6.07) is 4.95. The van der Waals surface area contributed by atoms with Gasteiger partial charge in [0.15, 0.2) is 18.1 Å². The molecule has 0 saturated carbocycles. The monoisotopic (exact) mass is 285 g/mol. The van der Waals surface area contributed by atoms with Crippen molar-refractivity contribution in [2.24, 2.45) is 0 Å². The van der Waals surface area contributed by atoms with Crippen LogP contribution in [0.4, 0.5) is 0 Å². The number of aliphatic carboxylic acids is 1. The summed E-state index contributed by atoms with van der Waals surface area (Å²) in [7, 11) is 1.41. The Morgan fingerprint density at radius 2 is 2.31 bits per heavy atom. The molecular formula is C10H8BrNO4. The molecule has 0 fully saturated rings. The number of hydrogen-bond acceptors (Lipinski definition) is 4. The molecule has 6 heteroatoms. The van der Waals surface area contributed by atoms with Gasteiger partial charge in [-0.05, 0) is 22.0 Å². The van der Waals surface area contributed by atoms with Gasteiger partial charge in [0, 0.05) is 6.07 Å². The van der Waals surface area contributed by atoms with Crippen LogP contribution in [0.3, 0.4) is 0 Å². The third-order valence-electron chi connectivity index (χ3n) is 1.70. The van der Waals surface area contributed by atoms with Gasteiger partial charge in [-0.2, -0.15) is 5.26 Å². The number of halogens is 1. The quantitative estimate of drug-likeness (QED) is 0.912. The molecule has 0 aliphatic carbocycles. The van der Waals surface area contributed by atoms with Crippen LogP contribution in [0, 0.1) is 11.3 Å². The Balaban J connectivity index is 3.07. The lowest BCUT2D eigenvalue weighted by atomic mass is 10.2. The van der Waals surface area contributed by atoms with Gasteiger partial charge in [0.05, 0.1) is 23.2 Å². The molecule has 0 amide bonds. The standard InChI is InChI=1S/C10H8BrNO4/c1-15-8-3-6(4-12)2-7(11)10(8)16-5-9(13)14/h2-3H,5H2,1H3,(H,13,14). The van der Waals surface area contributed by atoms with Crippen molar-refractivity contribution >= 4 is 21.9 Å². The molecule has 1 rings (SSSR count). The molecule has 1 aromatic carbocycles. The van der Waals surface area contributed by atoms with Crippen molar-refractivity contribution in [2.45, 2.75) is 0 Å². The summed E-state index contributed by atoms with van der Waals surface area (Å²) in [4.78, 5) is 10.4. The van der Waals surface area contributed by atoms with Gasteiger partial charge in [0.25, 0.3) is 0 Å². The lowest BCUT2D eigenvalue weighted by molar-refractivity contribution is -0.139. The third kappa shape index (κ3) is 2.87. The number of hydrogen-bond donors (Lipinski definition) is 1. The minimum Gasteiger partial charge on any atom is -0.493 e. The van der Waals surface area contributed by atoms with E-state index in [4.69, 9.17) is 19.8 Å². The lowest BCUT2D eigenvalue weighted by Crippen LogP contribution is -2.10. The summed E-state index contributed by atoms with van der Waals surface area (Å²) in [5.74, 6) is -0.505. The van der Waals surface area contributed by atoms with E-state index in [1.54, 1.807) is 0 Å². The van der Waals surface area contributed by atoms with Gasteiger partial charge in [-0.25, -0.2) is 4.79 Å². The second-order valence-corrected chi connectivity index (χ2v) is 3.64. The Bertz CT molecular complexity index is 453. The van der Waals surface area contributed by atoms with E-state index in [1.165, 1.54) is 19.2 Å². The maximum atomic E-state index is 10.4. The van der Waals surface area contributed by atoms with E-state index in [1.807, 2.05) is 6.07 Å². The van der Waals surface area contributed by atoms with Crippen LogP contribution in [-0.4, -0.2) is 24.8 Å². The molecule has 84 valence electrons. The molecule has 0 aliphatic rings. The van der Waals surface area contributed by atoms with E-state index < -0.39 is 12.6 Å². The number of nitriles is 1. The lowest BCUT2D eigenvalue weighted by Gasteiger charge is -2.11. The fraction of sp³-hybridized carbons (Fsp3) is 0.200. The molecule has 0 aliphatic heterocycles. The van der Waals surface area contributed by atoms with Crippen molar-refractivity contribution in [1.29, 1.82) is 5.26 Å². The molecule has 16 heavy (non-hydrogen) atoms. The zero-order chi connectivity index (χ0) is 12.1. The van der Waals surface area contributed by atoms with E-state index in [0.29, 0.717) is 15.8 Å². The Hall–Kier alpha value is -1.74. The highest BCUT2D eigenvalue weighted by atomic mass is 79.9. The first-order chi connectivity index (χ1) is 7.58. The summed E-state index contributed by atoms with van der Waals surface area (Å²) in [5.41, 5.74) is 0.395. The molecule has 0 heterocycles. The fourth-order valence-corrected chi connectivity index (χ4v) is 1.61. The normalized spacial score (nSPS) is 9.31. The van der Waals surface area contributed by atoms with Gasteiger partial charge in [-0.15, -0.1) is 0 Å². The summed E-state index contributed by atoms with van der Waals surface area (Å²) >= 11 is 3.18. The number of carboxylic acids is 1. The number of rotatable bonds is 4. The van der Waals surface area contributed by atoms with Gasteiger partial charge in [0.2, 0.25) is 0 Å². The van der Waals surface area contributed by atoms with Crippen molar-refractivity contribution in [3.05, 3.63) is 22.2 Å². The SMILES string of the molecule is COc1cc(C#N)cc(Br)c1OCC(=O)O. The molecule has 0 radical (unpaired) electrons. The molecular weight excluding hydrogens is 278 g/mol. The Morgan fingerprint density at radius 3 is 2.81 bits per heavy atom. The van der Waals surface area contributed by atoms with Crippen LogP contribution in [0.15, 0.2) is 16.6 Å². The van der Waals surface area contributed by atoms with Crippen LogP contribution < -0.4 is 9.47 Å². The molecule has 0 saturated heterocycles. The Kier molecular flexibility index (Phi) is 4.14. The van der Waals surface area contributed by atoms with E-state index >= 15 is 0 Å². The Labute approximate surface area is 100 Å². The number of carbonyl (C=O) groups is 1. The van der Waals surface area contributed by atoms with Crippen molar-refractivity contribution < 1.29 is 19.4 Å². The van der Waals surface area contributed by atoms with Crippen molar-refractivity contribution in [2.75, 3.05) is 13.7 Å². The summed E-state index contributed by atoms with van der Waals surface area (Å²) < 4.78 is 10.5. The van der Waals surface area contributed by atoms with Gasteiger partial charge in [0.1, 0.15) is 0 Å². The first-order valence-corrected chi connectivity index (χ1v) is 5.00. The van der Waals surface area contributed by atoms with Crippen LogP contribution >= 0.6 is 15.9 Å². The van der Waals surface area contributed by atoms with Gasteiger partial charge >= 0.3 is 5.97 Å². The molecule has 1 aromatic rings. The van der Waals surface area contributed by atoms with Gasteiger partial charge in [-0.3, -0.25) is 0 Å². The first kappa shape index (κ1) is 12.3. The van der Waals surface area contributed by atoms with Gasteiger partial charge < -0.3 is 14.6 Å². The second kappa shape index (κ2) is 5.37. The van der Waals surface area contributed by atoms with Crippen LogP contribution in [0.5, 0.6) is 11.5 Å². The molecule has 0 spiro atoms.